The van der Waals surface area contributed by atoms with Gasteiger partial charge in [0, 0.05) is 0 Å². The summed E-state index contributed by atoms with van der Waals surface area (Å²) in [4.78, 5) is 10.2. The Morgan fingerprint density at radius 3 is 2.38 bits per heavy atom. The largest absolute Gasteiger partial charge is 0.435 e. The molecule has 0 aliphatic heterocycles. The van der Waals surface area contributed by atoms with Crippen molar-refractivity contribution in [1.29, 1.82) is 0 Å². The number of aryl methyl sites for hydroxylation is 1. The molecule has 0 saturated carbocycles. The van der Waals surface area contributed by atoms with E-state index >= 15 is 0 Å². The molecular formula is C7H5F3N2O. The summed E-state index contributed by atoms with van der Waals surface area (Å²) in [5.74, 6) is 0. The second-order valence-electron chi connectivity index (χ2n) is 2.41. The van der Waals surface area contributed by atoms with Crippen LogP contribution in [-0.4, -0.2) is 16.5 Å². The maximum Gasteiger partial charge on any atom is 0.435 e. The van der Waals surface area contributed by atoms with Crippen LogP contribution in [0.3, 0.4) is 0 Å². The van der Waals surface area contributed by atoms with E-state index in [1.54, 1.807) is 0 Å². The molecule has 0 aliphatic rings. The van der Waals surface area contributed by atoms with Crippen molar-refractivity contribution in [3.05, 3.63) is 23.0 Å². The minimum absolute atomic E-state index is 0.0759. The average molecular weight is 190 g/mol. The van der Waals surface area contributed by atoms with E-state index in [0.717, 1.165) is 6.07 Å². The Hall–Kier alpha value is -1.46. The monoisotopic (exact) mass is 190 g/mol. The summed E-state index contributed by atoms with van der Waals surface area (Å²) in [6.07, 6.45) is -4.15. The van der Waals surface area contributed by atoms with Crippen LogP contribution in [0, 0.1) is 6.92 Å². The zero-order chi connectivity index (χ0) is 10.1. The highest BCUT2D eigenvalue weighted by molar-refractivity contribution is 5.73. The highest BCUT2D eigenvalue weighted by Gasteiger charge is 2.33. The Labute approximate surface area is 71.6 Å². The zero-order valence-electron chi connectivity index (χ0n) is 6.59. The summed E-state index contributed by atoms with van der Waals surface area (Å²) in [6.45, 7) is 1.37. The second-order valence-corrected chi connectivity index (χ2v) is 2.41. The molecule has 1 heterocycles. The van der Waals surface area contributed by atoms with Gasteiger partial charge in [-0.2, -0.15) is 13.2 Å². The van der Waals surface area contributed by atoms with E-state index in [4.69, 9.17) is 0 Å². The van der Waals surface area contributed by atoms with E-state index in [2.05, 4.69) is 10.2 Å². The van der Waals surface area contributed by atoms with Crippen LogP contribution in [0.1, 0.15) is 21.7 Å². The Bertz CT molecular complexity index is 335. The van der Waals surface area contributed by atoms with E-state index in [1.807, 2.05) is 0 Å². The van der Waals surface area contributed by atoms with Gasteiger partial charge in [0.25, 0.3) is 0 Å². The van der Waals surface area contributed by atoms with Crippen LogP contribution in [0.25, 0.3) is 0 Å². The molecule has 6 heteroatoms. The van der Waals surface area contributed by atoms with Crippen LogP contribution >= 0.6 is 0 Å². The molecule has 0 bridgehead atoms. The number of hydrogen-bond donors (Lipinski definition) is 0. The van der Waals surface area contributed by atoms with Crippen molar-refractivity contribution in [2.45, 2.75) is 13.1 Å². The van der Waals surface area contributed by atoms with Crippen molar-refractivity contribution in [3.8, 4) is 0 Å². The third-order valence-electron chi connectivity index (χ3n) is 1.42. The third-order valence-corrected chi connectivity index (χ3v) is 1.42. The Morgan fingerprint density at radius 2 is 2.00 bits per heavy atom. The maximum absolute atomic E-state index is 12.0. The van der Waals surface area contributed by atoms with Crippen LogP contribution in [0.4, 0.5) is 13.2 Å². The number of alkyl halides is 3. The SMILES string of the molecule is Cc1cc(C(F)(F)F)nnc1C=O. The first-order valence-electron chi connectivity index (χ1n) is 3.32. The van der Waals surface area contributed by atoms with Gasteiger partial charge in [-0.25, -0.2) is 0 Å². The van der Waals surface area contributed by atoms with Gasteiger partial charge in [-0.15, -0.1) is 10.2 Å². The lowest BCUT2D eigenvalue weighted by Crippen LogP contribution is -2.11. The maximum atomic E-state index is 12.0. The number of hydrogen-bond acceptors (Lipinski definition) is 3. The quantitative estimate of drug-likeness (QED) is 0.632. The van der Waals surface area contributed by atoms with Gasteiger partial charge in [0.1, 0.15) is 5.69 Å². The lowest BCUT2D eigenvalue weighted by atomic mass is 10.2. The van der Waals surface area contributed by atoms with Gasteiger partial charge in [0.05, 0.1) is 0 Å². The minimum atomic E-state index is -4.51. The summed E-state index contributed by atoms with van der Waals surface area (Å²) in [5.41, 5.74) is -0.999. The molecule has 13 heavy (non-hydrogen) atoms. The normalized spacial score (nSPS) is 11.4. The fourth-order valence-electron chi connectivity index (χ4n) is 0.750. The standard InChI is InChI=1S/C7H5F3N2O/c1-4-2-6(7(8,9)10)12-11-5(4)3-13/h2-3H,1H3. The molecule has 1 aromatic rings. The van der Waals surface area contributed by atoms with E-state index in [-0.39, 0.29) is 11.3 Å². The number of carbonyl (C=O) groups excluding carboxylic acids is 1. The van der Waals surface area contributed by atoms with Gasteiger partial charge in [-0.05, 0) is 18.6 Å². The number of aldehydes is 1. The first-order valence-corrected chi connectivity index (χ1v) is 3.32. The Kier molecular flexibility index (Phi) is 2.31. The number of nitrogens with zero attached hydrogens (tertiary/aromatic N) is 2. The van der Waals surface area contributed by atoms with Crippen LogP contribution in [0.15, 0.2) is 6.07 Å². The molecule has 1 aromatic heterocycles. The molecule has 0 aromatic carbocycles. The van der Waals surface area contributed by atoms with Crippen molar-refractivity contribution >= 4 is 6.29 Å². The van der Waals surface area contributed by atoms with Gasteiger partial charge >= 0.3 is 6.18 Å². The number of carbonyl (C=O) groups is 1. The molecule has 0 atom stereocenters. The third kappa shape index (κ3) is 2.01. The molecule has 0 radical (unpaired) electrons. The van der Waals surface area contributed by atoms with E-state index < -0.39 is 11.9 Å². The van der Waals surface area contributed by atoms with Crippen molar-refractivity contribution in [3.63, 3.8) is 0 Å². The van der Waals surface area contributed by atoms with Gasteiger partial charge < -0.3 is 0 Å². The van der Waals surface area contributed by atoms with Crippen molar-refractivity contribution in [2.24, 2.45) is 0 Å². The second kappa shape index (κ2) is 3.12. The molecule has 0 amide bonds. The van der Waals surface area contributed by atoms with Crippen LogP contribution < -0.4 is 0 Å². The Balaban J connectivity index is 3.17. The van der Waals surface area contributed by atoms with Crippen molar-refractivity contribution < 1.29 is 18.0 Å². The fourth-order valence-corrected chi connectivity index (χ4v) is 0.750. The highest BCUT2D eigenvalue weighted by atomic mass is 19.4. The number of halogens is 3. The highest BCUT2D eigenvalue weighted by Crippen LogP contribution is 2.27. The average Bonchev–Trinajstić information content (AvgIpc) is 2.02. The van der Waals surface area contributed by atoms with E-state index in [1.165, 1.54) is 6.92 Å². The Morgan fingerprint density at radius 1 is 1.38 bits per heavy atom. The van der Waals surface area contributed by atoms with Gasteiger partial charge in [-0.3, -0.25) is 4.79 Å². The summed E-state index contributed by atoms with van der Waals surface area (Å²) in [6, 6.07) is 0.788. The predicted molar refractivity (Wildman–Crippen MR) is 37.2 cm³/mol. The lowest BCUT2D eigenvalue weighted by molar-refractivity contribution is -0.141. The molecule has 0 N–H and O–H groups in total. The molecule has 0 unspecified atom stereocenters. The number of rotatable bonds is 1. The first-order chi connectivity index (χ1) is 5.95. The molecule has 3 nitrogen and oxygen atoms in total. The molecule has 70 valence electrons. The minimum Gasteiger partial charge on any atom is -0.296 e. The van der Waals surface area contributed by atoms with Crippen LogP contribution in [0.2, 0.25) is 0 Å². The van der Waals surface area contributed by atoms with E-state index in [0.29, 0.717) is 6.29 Å². The first kappa shape index (κ1) is 9.63. The van der Waals surface area contributed by atoms with Gasteiger partial charge in [-0.1, -0.05) is 0 Å². The molecule has 0 fully saturated rings. The molecule has 0 spiro atoms. The smallest absolute Gasteiger partial charge is 0.296 e. The van der Waals surface area contributed by atoms with Crippen molar-refractivity contribution in [2.75, 3.05) is 0 Å². The molecule has 0 saturated heterocycles. The van der Waals surface area contributed by atoms with Crippen LogP contribution in [0.5, 0.6) is 0 Å². The summed E-state index contributed by atoms with van der Waals surface area (Å²) in [7, 11) is 0. The van der Waals surface area contributed by atoms with Gasteiger partial charge in [0.2, 0.25) is 0 Å². The zero-order valence-corrected chi connectivity index (χ0v) is 6.59. The van der Waals surface area contributed by atoms with Gasteiger partial charge in [0.15, 0.2) is 12.0 Å². The summed E-state index contributed by atoms with van der Waals surface area (Å²) < 4.78 is 36.0. The number of aromatic nitrogens is 2. The molecule has 1 rings (SSSR count). The summed E-state index contributed by atoms with van der Waals surface area (Å²) in [5, 5.41) is 6.00. The van der Waals surface area contributed by atoms with Crippen molar-refractivity contribution in [1.82, 2.24) is 10.2 Å². The topological polar surface area (TPSA) is 42.9 Å². The molecular weight excluding hydrogens is 185 g/mol. The molecule has 0 aliphatic carbocycles. The van der Waals surface area contributed by atoms with Crippen LogP contribution in [-0.2, 0) is 6.18 Å². The fraction of sp³-hybridized carbons (Fsp3) is 0.286. The lowest BCUT2D eigenvalue weighted by Gasteiger charge is -2.05. The summed E-state index contributed by atoms with van der Waals surface area (Å²) >= 11 is 0. The van der Waals surface area contributed by atoms with E-state index in [9.17, 15) is 18.0 Å². The predicted octanol–water partition coefficient (Wildman–Crippen LogP) is 1.62.